The standard InChI is InChI=1S/C16H21N3O/c1-2-4-15-13(3-1)5-10-18-16(15)19-11-12-20-14-6-8-17-9-7-14/h1-5,10,14,17H,6-9,11-12H2,(H,18,19). The van der Waals surface area contributed by atoms with Gasteiger partial charge < -0.3 is 15.4 Å². The molecule has 1 aromatic carbocycles. The number of anilines is 1. The molecule has 1 saturated heterocycles. The van der Waals surface area contributed by atoms with Crippen LogP contribution in [0.25, 0.3) is 10.8 Å². The van der Waals surface area contributed by atoms with Crippen molar-refractivity contribution in [1.29, 1.82) is 0 Å². The van der Waals surface area contributed by atoms with Gasteiger partial charge in [-0.25, -0.2) is 4.98 Å². The minimum atomic E-state index is 0.415. The highest BCUT2D eigenvalue weighted by Gasteiger charge is 2.12. The number of benzene rings is 1. The molecule has 106 valence electrons. The highest BCUT2D eigenvalue weighted by Crippen LogP contribution is 2.20. The summed E-state index contributed by atoms with van der Waals surface area (Å²) in [4.78, 5) is 4.41. The van der Waals surface area contributed by atoms with Crippen LogP contribution in [-0.2, 0) is 4.74 Å². The van der Waals surface area contributed by atoms with Gasteiger partial charge in [-0.1, -0.05) is 24.3 Å². The lowest BCUT2D eigenvalue weighted by Crippen LogP contribution is -2.33. The average molecular weight is 271 g/mol. The van der Waals surface area contributed by atoms with Crippen LogP contribution < -0.4 is 10.6 Å². The van der Waals surface area contributed by atoms with Crippen LogP contribution in [0.4, 0.5) is 5.82 Å². The number of nitrogens with one attached hydrogen (secondary N) is 2. The predicted octanol–water partition coefficient (Wildman–Crippen LogP) is 2.42. The van der Waals surface area contributed by atoms with E-state index in [1.807, 2.05) is 24.4 Å². The monoisotopic (exact) mass is 271 g/mol. The first-order valence-corrected chi connectivity index (χ1v) is 7.33. The van der Waals surface area contributed by atoms with Gasteiger partial charge in [0.1, 0.15) is 5.82 Å². The Bertz CT molecular complexity index is 547. The first-order chi connectivity index (χ1) is 9.93. The summed E-state index contributed by atoms with van der Waals surface area (Å²) in [5.41, 5.74) is 0. The third-order valence-corrected chi connectivity index (χ3v) is 3.71. The molecule has 20 heavy (non-hydrogen) atoms. The number of pyridine rings is 1. The summed E-state index contributed by atoms with van der Waals surface area (Å²) in [6.07, 6.45) is 4.50. The summed E-state index contributed by atoms with van der Waals surface area (Å²) >= 11 is 0. The number of nitrogens with zero attached hydrogens (tertiary/aromatic N) is 1. The van der Waals surface area contributed by atoms with Gasteiger partial charge in [-0.05, 0) is 37.4 Å². The third-order valence-electron chi connectivity index (χ3n) is 3.71. The Morgan fingerprint density at radius 1 is 1.20 bits per heavy atom. The lowest BCUT2D eigenvalue weighted by atomic mass is 10.1. The van der Waals surface area contributed by atoms with Gasteiger partial charge in [0.05, 0.1) is 12.7 Å². The van der Waals surface area contributed by atoms with Gasteiger partial charge in [-0.15, -0.1) is 0 Å². The maximum absolute atomic E-state index is 5.89. The van der Waals surface area contributed by atoms with Crippen LogP contribution >= 0.6 is 0 Å². The second kappa shape index (κ2) is 6.68. The Hall–Kier alpha value is -1.65. The highest BCUT2D eigenvalue weighted by atomic mass is 16.5. The van der Waals surface area contributed by atoms with Crippen molar-refractivity contribution in [2.24, 2.45) is 0 Å². The van der Waals surface area contributed by atoms with Crippen molar-refractivity contribution < 1.29 is 4.74 Å². The molecular formula is C16H21N3O. The molecule has 1 fully saturated rings. The molecule has 1 aliphatic heterocycles. The van der Waals surface area contributed by atoms with Crippen molar-refractivity contribution in [2.75, 3.05) is 31.6 Å². The van der Waals surface area contributed by atoms with Gasteiger partial charge >= 0.3 is 0 Å². The van der Waals surface area contributed by atoms with Crippen molar-refractivity contribution >= 4 is 16.6 Å². The molecule has 0 atom stereocenters. The minimum absolute atomic E-state index is 0.415. The van der Waals surface area contributed by atoms with Gasteiger partial charge in [0, 0.05) is 18.1 Å². The Labute approximate surface area is 119 Å². The first kappa shape index (κ1) is 13.3. The number of rotatable bonds is 5. The van der Waals surface area contributed by atoms with E-state index in [9.17, 15) is 0 Å². The van der Waals surface area contributed by atoms with Crippen molar-refractivity contribution in [2.45, 2.75) is 18.9 Å². The molecule has 2 N–H and O–H groups in total. The second-order valence-corrected chi connectivity index (χ2v) is 5.13. The molecule has 0 unspecified atom stereocenters. The number of fused-ring (bicyclic) bond motifs is 1. The number of hydrogen-bond donors (Lipinski definition) is 2. The van der Waals surface area contributed by atoms with Crippen molar-refractivity contribution in [3.05, 3.63) is 36.5 Å². The third kappa shape index (κ3) is 3.26. The maximum atomic E-state index is 5.89. The molecule has 2 heterocycles. The fraction of sp³-hybridized carbons (Fsp3) is 0.438. The molecule has 0 aliphatic carbocycles. The predicted molar refractivity (Wildman–Crippen MR) is 82.1 cm³/mol. The zero-order valence-corrected chi connectivity index (χ0v) is 11.6. The molecule has 0 spiro atoms. The van der Waals surface area contributed by atoms with Crippen molar-refractivity contribution in [1.82, 2.24) is 10.3 Å². The number of ether oxygens (including phenoxy) is 1. The van der Waals surface area contributed by atoms with Crippen molar-refractivity contribution in [3.63, 3.8) is 0 Å². The fourth-order valence-corrected chi connectivity index (χ4v) is 2.62. The van der Waals surface area contributed by atoms with Crippen LogP contribution in [0.1, 0.15) is 12.8 Å². The fourth-order valence-electron chi connectivity index (χ4n) is 2.62. The van der Waals surface area contributed by atoms with E-state index < -0.39 is 0 Å². The summed E-state index contributed by atoms with van der Waals surface area (Å²) in [6.45, 7) is 3.67. The van der Waals surface area contributed by atoms with E-state index in [0.29, 0.717) is 6.10 Å². The molecule has 1 aliphatic rings. The van der Waals surface area contributed by atoms with Crippen LogP contribution in [0.3, 0.4) is 0 Å². The molecule has 4 heteroatoms. The zero-order chi connectivity index (χ0) is 13.6. The molecule has 3 rings (SSSR count). The smallest absolute Gasteiger partial charge is 0.133 e. The molecule has 1 aromatic heterocycles. The Morgan fingerprint density at radius 2 is 2.05 bits per heavy atom. The zero-order valence-electron chi connectivity index (χ0n) is 11.6. The van der Waals surface area contributed by atoms with Crippen LogP contribution in [0.5, 0.6) is 0 Å². The second-order valence-electron chi connectivity index (χ2n) is 5.13. The van der Waals surface area contributed by atoms with E-state index >= 15 is 0 Å². The molecule has 0 amide bonds. The molecule has 0 bridgehead atoms. The lowest BCUT2D eigenvalue weighted by molar-refractivity contribution is 0.0394. The van der Waals surface area contributed by atoms with Crippen LogP contribution in [0.15, 0.2) is 36.5 Å². The molecule has 4 nitrogen and oxygen atoms in total. The Balaban J connectivity index is 1.52. The summed E-state index contributed by atoms with van der Waals surface area (Å²) in [6, 6.07) is 10.3. The van der Waals surface area contributed by atoms with Gasteiger partial charge in [-0.2, -0.15) is 0 Å². The number of hydrogen-bond acceptors (Lipinski definition) is 4. The first-order valence-electron chi connectivity index (χ1n) is 7.33. The molecule has 0 saturated carbocycles. The van der Waals surface area contributed by atoms with Gasteiger partial charge in [0.2, 0.25) is 0 Å². The van der Waals surface area contributed by atoms with Crippen LogP contribution in [0, 0.1) is 0 Å². The van der Waals surface area contributed by atoms with Gasteiger partial charge in [0.15, 0.2) is 0 Å². The number of aromatic nitrogens is 1. The SMILES string of the molecule is c1ccc2c(NCCOC3CCNCC3)nccc2c1. The number of piperidine rings is 1. The van der Waals surface area contributed by atoms with E-state index in [0.717, 1.165) is 50.3 Å². The van der Waals surface area contributed by atoms with E-state index in [2.05, 4.69) is 27.8 Å². The Kier molecular flexibility index (Phi) is 4.46. The van der Waals surface area contributed by atoms with E-state index in [-0.39, 0.29) is 0 Å². The van der Waals surface area contributed by atoms with E-state index in [1.54, 1.807) is 0 Å². The maximum Gasteiger partial charge on any atom is 0.133 e. The van der Waals surface area contributed by atoms with E-state index in [1.165, 1.54) is 5.39 Å². The van der Waals surface area contributed by atoms with Crippen LogP contribution in [0.2, 0.25) is 0 Å². The largest absolute Gasteiger partial charge is 0.376 e. The Morgan fingerprint density at radius 3 is 2.95 bits per heavy atom. The molecule has 2 aromatic rings. The van der Waals surface area contributed by atoms with Crippen molar-refractivity contribution in [3.8, 4) is 0 Å². The van der Waals surface area contributed by atoms with Gasteiger partial charge in [0.25, 0.3) is 0 Å². The van der Waals surface area contributed by atoms with E-state index in [4.69, 9.17) is 4.74 Å². The summed E-state index contributed by atoms with van der Waals surface area (Å²) in [5.74, 6) is 0.942. The average Bonchev–Trinajstić information content (AvgIpc) is 2.53. The summed E-state index contributed by atoms with van der Waals surface area (Å²) < 4.78 is 5.89. The summed E-state index contributed by atoms with van der Waals surface area (Å²) in [7, 11) is 0. The van der Waals surface area contributed by atoms with Gasteiger partial charge in [-0.3, -0.25) is 0 Å². The topological polar surface area (TPSA) is 46.2 Å². The molecular weight excluding hydrogens is 250 g/mol. The highest BCUT2D eigenvalue weighted by molar-refractivity contribution is 5.91. The molecule has 0 radical (unpaired) electrons. The quantitative estimate of drug-likeness (QED) is 0.820. The lowest BCUT2D eigenvalue weighted by Gasteiger charge is -2.23. The minimum Gasteiger partial charge on any atom is -0.376 e. The van der Waals surface area contributed by atoms with Crippen LogP contribution in [-0.4, -0.2) is 37.3 Å². The summed E-state index contributed by atoms with van der Waals surface area (Å²) in [5, 5.41) is 9.10. The normalized spacial score (nSPS) is 16.4.